The fraction of sp³-hybridized carbons (Fsp3) is 0.0769. The lowest BCUT2D eigenvalue weighted by atomic mass is 9.83. The molecule has 0 aliphatic heterocycles. The Morgan fingerprint density at radius 1 is 0.383 bits per heavy atom. The lowest BCUT2D eigenvalue weighted by molar-refractivity contribution is -0.288. The molecule has 0 heterocycles. The minimum atomic E-state index is -5.81. The van der Waals surface area contributed by atoms with Crippen LogP contribution in [0.2, 0.25) is 0 Å². The number of hydrogen-bond acceptors (Lipinski definition) is 0. The summed E-state index contributed by atoms with van der Waals surface area (Å²) in [5.41, 5.74) is 0.691. The summed E-state index contributed by atoms with van der Waals surface area (Å²) in [4.78, 5) is 0. The summed E-state index contributed by atoms with van der Waals surface area (Å²) in [6.07, 6.45) is -10.3. The van der Waals surface area contributed by atoms with Gasteiger partial charge in [-0.1, -0.05) is 109 Å². The summed E-state index contributed by atoms with van der Waals surface area (Å²) in [5, 5.41) is 5.18. The van der Waals surface area contributed by atoms with Gasteiger partial charge in [0.15, 0.2) is 0 Å². The Balaban J connectivity index is 1.45. The Morgan fingerprint density at radius 2 is 0.830 bits per heavy atom. The van der Waals surface area contributed by atoms with Crippen LogP contribution in [-0.4, -0.2) is 6.18 Å². The molecule has 8 rings (SSSR count). The molecule has 0 saturated heterocycles. The molecule has 8 heteroatoms. The quantitative estimate of drug-likeness (QED) is 0.102. The third-order valence-corrected chi connectivity index (χ3v) is 9.06. The standard InChI is InChI=1S/C39H20F8/c40-37(41,39(45,46)47)36-31-7-3-1-5-26(31)35(27-6-2-4-8-32(27)36)30-20-14-23-12-18-28-25(21-9-15-24(16-10-21)38(42,43)44)17-11-22-13-19-29(30)34(23)33(22)28/h1-20H. The first-order valence-corrected chi connectivity index (χ1v) is 14.6. The average Bonchev–Trinajstić information content (AvgIpc) is 3.05. The van der Waals surface area contributed by atoms with Crippen molar-refractivity contribution in [1.82, 2.24) is 0 Å². The van der Waals surface area contributed by atoms with E-state index in [1.165, 1.54) is 36.4 Å². The maximum Gasteiger partial charge on any atom is 0.458 e. The molecule has 0 saturated carbocycles. The maximum atomic E-state index is 15.3. The Kier molecular flexibility index (Phi) is 6.13. The second-order valence-electron chi connectivity index (χ2n) is 11.6. The van der Waals surface area contributed by atoms with E-state index < -0.39 is 29.4 Å². The van der Waals surface area contributed by atoms with E-state index in [9.17, 15) is 26.3 Å². The van der Waals surface area contributed by atoms with E-state index in [1.54, 1.807) is 24.3 Å². The van der Waals surface area contributed by atoms with E-state index >= 15 is 8.78 Å². The van der Waals surface area contributed by atoms with Crippen LogP contribution in [-0.2, 0) is 12.1 Å². The number of fused-ring (bicyclic) bond motifs is 2. The van der Waals surface area contributed by atoms with Gasteiger partial charge < -0.3 is 0 Å². The highest BCUT2D eigenvalue weighted by molar-refractivity contribution is 6.29. The summed E-state index contributed by atoms with van der Waals surface area (Å²) in [6, 6.07) is 32.0. The van der Waals surface area contributed by atoms with Crippen molar-refractivity contribution in [2.75, 3.05) is 0 Å². The van der Waals surface area contributed by atoms with Gasteiger partial charge in [0.2, 0.25) is 0 Å². The monoisotopic (exact) mass is 640 g/mol. The summed E-state index contributed by atoms with van der Waals surface area (Å²) in [5.74, 6) is -5.11. The molecule has 8 aromatic carbocycles. The molecule has 0 aliphatic carbocycles. The molecule has 0 amide bonds. The molecule has 0 fully saturated rings. The van der Waals surface area contributed by atoms with Crippen LogP contribution in [0.25, 0.3) is 76.1 Å². The molecule has 0 bridgehead atoms. The van der Waals surface area contributed by atoms with Gasteiger partial charge in [-0.05, 0) is 88.2 Å². The number of hydrogen-bond donors (Lipinski definition) is 0. The molecule has 0 aliphatic rings. The lowest BCUT2D eigenvalue weighted by Gasteiger charge is -2.25. The third kappa shape index (κ3) is 4.27. The third-order valence-electron chi connectivity index (χ3n) is 9.06. The van der Waals surface area contributed by atoms with E-state index in [4.69, 9.17) is 0 Å². The van der Waals surface area contributed by atoms with Crippen LogP contribution in [0.3, 0.4) is 0 Å². The number of benzene rings is 8. The Bertz CT molecular complexity index is 2450. The zero-order chi connectivity index (χ0) is 32.9. The van der Waals surface area contributed by atoms with Crippen LogP contribution in [0.4, 0.5) is 35.1 Å². The van der Waals surface area contributed by atoms with Crippen LogP contribution in [0.15, 0.2) is 121 Å². The summed E-state index contributed by atoms with van der Waals surface area (Å²) < 4.78 is 112. The van der Waals surface area contributed by atoms with Crippen molar-refractivity contribution in [3.8, 4) is 22.3 Å². The van der Waals surface area contributed by atoms with Gasteiger partial charge in [-0.25, -0.2) is 0 Å². The fourth-order valence-electron chi connectivity index (χ4n) is 7.01. The van der Waals surface area contributed by atoms with Crippen LogP contribution < -0.4 is 0 Å². The highest BCUT2D eigenvalue weighted by Gasteiger charge is 2.60. The molecule has 0 nitrogen and oxygen atoms in total. The van der Waals surface area contributed by atoms with Crippen molar-refractivity contribution in [2.24, 2.45) is 0 Å². The summed E-state index contributed by atoms with van der Waals surface area (Å²) in [7, 11) is 0. The largest absolute Gasteiger partial charge is 0.458 e. The van der Waals surface area contributed by atoms with Crippen molar-refractivity contribution in [3.05, 3.63) is 132 Å². The van der Waals surface area contributed by atoms with Crippen molar-refractivity contribution in [2.45, 2.75) is 18.3 Å². The normalized spacial score (nSPS) is 13.1. The van der Waals surface area contributed by atoms with Crippen LogP contribution in [0, 0.1) is 0 Å². The SMILES string of the molecule is FC(F)(F)c1ccc(-c2ccc3ccc4c(-c5c6ccccc6c(C(F)(F)C(F)(F)F)c6ccccc56)ccc5ccc2c3c54)cc1. The average molecular weight is 641 g/mol. The van der Waals surface area contributed by atoms with Gasteiger partial charge in [0.25, 0.3) is 0 Å². The topological polar surface area (TPSA) is 0 Å². The lowest BCUT2D eigenvalue weighted by Crippen LogP contribution is -2.34. The first kappa shape index (κ1) is 29.2. The Labute approximate surface area is 261 Å². The smallest absolute Gasteiger partial charge is 0.191 e. The van der Waals surface area contributed by atoms with Crippen molar-refractivity contribution < 1.29 is 35.1 Å². The van der Waals surface area contributed by atoms with E-state index in [0.717, 1.165) is 50.0 Å². The first-order chi connectivity index (χ1) is 22.4. The van der Waals surface area contributed by atoms with E-state index in [1.807, 2.05) is 48.5 Å². The number of alkyl halides is 8. The summed E-state index contributed by atoms with van der Waals surface area (Å²) >= 11 is 0. The predicted octanol–water partition coefficient (Wildman–Crippen LogP) is 12.9. The van der Waals surface area contributed by atoms with Gasteiger partial charge in [0.1, 0.15) is 0 Å². The maximum absolute atomic E-state index is 15.3. The zero-order valence-electron chi connectivity index (χ0n) is 24.1. The van der Waals surface area contributed by atoms with Crippen molar-refractivity contribution in [3.63, 3.8) is 0 Å². The minimum Gasteiger partial charge on any atom is -0.191 e. The van der Waals surface area contributed by atoms with E-state index in [2.05, 4.69) is 0 Å². The van der Waals surface area contributed by atoms with Gasteiger partial charge in [-0.2, -0.15) is 35.1 Å². The van der Waals surface area contributed by atoms with Crippen LogP contribution >= 0.6 is 0 Å². The molecular formula is C39H20F8. The molecule has 0 radical (unpaired) electrons. The molecule has 0 unspecified atom stereocenters. The van der Waals surface area contributed by atoms with Crippen molar-refractivity contribution in [1.29, 1.82) is 0 Å². The molecule has 232 valence electrons. The van der Waals surface area contributed by atoms with Gasteiger partial charge in [0.05, 0.1) is 5.56 Å². The molecule has 8 aromatic rings. The molecule has 0 aromatic heterocycles. The van der Waals surface area contributed by atoms with Gasteiger partial charge in [0, 0.05) is 5.56 Å². The highest BCUT2D eigenvalue weighted by Crippen LogP contribution is 2.52. The van der Waals surface area contributed by atoms with Gasteiger partial charge >= 0.3 is 18.3 Å². The second-order valence-corrected chi connectivity index (χ2v) is 11.6. The van der Waals surface area contributed by atoms with Crippen LogP contribution in [0.1, 0.15) is 11.1 Å². The molecular weight excluding hydrogens is 620 g/mol. The van der Waals surface area contributed by atoms with E-state index in [0.29, 0.717) is 16.7 Å². The molecule has 0 N–H and O–H groups in total. The molecule has 0 atom stereocenters. The zero-order valence-corrected chi connectivity index (χ0v) is 24.1. The predicted molar refractivity (Wildman–Crippen MR) is 171 cm³/mol. The van der Waals surface area contributed by atoms with Crippen molar-refractivity contribution >= 4 is 53.9 Å². The van der Waals surface area contributed by atoms with E-state index in [-0.39, 0.29) is 21.5 Å². The molecule has 47 heavy (non-hydrogen) atoms. The Hall–Kier alpha value is -5.24. The Morgan fingerprint density at radius 3 is 1.32 bits per heavy atom. The van der Waals surface area contributed by atoms with Gasteiger partial charge in [-0.15, -0.1) is 0 Å². The summed E-state index contributed by atoms with van der Waals surface area (Å²) in [6.45, 7) is 0. The fourth-order valence-corrected chi connectivity index (χ4v) is 7.01. The highest BCUT2D eigenvalue weighted by atomic mass is 19.4. The minimum absolute atomic E-state index is 0.196. The van der Waals surface area contributed by atoms with Crippen LogP contribution in [0.5, 0.6) is 0 Å². The van der Waals surface area contributed by atoms with Gasteiger partial charge in [-0.3, -0.25) is 0 Å². The first-order valence-electron chi connectivity index (χ1n) is 14.6. The number of halogens is 8. The molecule has 0 spiro atoms. The second kappa shape index (κ2) is 9.88. The number of rotatable bonds is 3.